The van der Waals surface area contributed by atoms with Gasteiger partial charge in [-0.15, -0.1) is 0 Å². The van der Waals surface area contributed by atoms with Gasteiger partial charge in [0.15, 0.2) is 5.54 Å². The van der Waals surface area contributed by atoms with Crippen LogP contribution in [-0.2, 0) is 21.5 Å². The SMILES string of the molecule is CNC(=O)C1(n2cccn2)CCCN(C(=O)Cc2ccc(F)cc2)C1. The predicted octanol–water partition coefficient (Wildman–Crippen LogP) is 1.33. The number of hydrogen-bond donors (Lipinski definition) is 1. The summed E-state index contributed by atoms with van der Waals surface area (Å²) in [5.41, 5.74) is -0.142. The maximum atomic E-state index is 13.0. The van der Waals surface area contributed by atoms with Gasteiger partial charge in [-0.05, 0) is 36.6 Å². The van der Waals surface area contributed by atoms with E-state index in [9.17, 15) is 14.0 Å². The van der Waals surface area contributed by atoms with Gasteiger partial charge in [0.25, 0.3) is 0 Å². The maximum absolute atomic E-state index is 13.0. The Morgan fingerprint density at radius 2 is 2.08 bits per heavy atom. The number of carbonyl (C=O) groups is 2. The van der Waals surface area contributed by atoms with E-state index >= 15 is 0 Å². The number of likely N-dealkylation sites (N-methyl/N-ethyl adjacent to an activating group) is 1. The number of piperidine rings is 1. The van der Waals surface area contributed by atoms with Crippen molar-refractivity contribution in [1.82, 2.24) is 20.0 Å². The topological polar surface area (TPSA) is 67.2 Å². The zero-order valence-corrected chi connectivity index (χ0v) is 14.1. The van der Waals surface area contributed by atoms with Crippen LogP contribution >= 0.6 is 0 Å². The first kappa shape index (κ1) is 17.1. The van der Waals surface area contributed by atoms with Crippen molar-refractivity contribution in [3.8, 4) is 0 Å². The molecule has 25 heavy (non-hydrogen) atoms. The molecule has 0 radical (unpaired) electrons. The van der Waals surface area contributed by atoms with Crippen LogP contribution in [0.4, 0.5) is 4.39 Å². The van der Waals surface area contributed by atoms with Crippen LogP contribution in [0.1, 0.15) is 18.4 Å². The quantitative estimate of drug-likeness (QED) is 0.910. The minimum Gasteiger partial charge on any atom is -0.357 e. The van der Waals surface area contributed by atoms with Gasteiger partial charge in [-0.3, -0.25) is 14.3 Å². The first-order valence-electron chi connectivity index (χ1n) is 8.30. The van der Waals surface area contributed by atoms with Gasteiger partial charge in [0.1, 0.15) is 5.82 Å². The molecule has 2 aromatic rings. The smallest absolute Gasteiger partial charge is 0.249 e. The van der Waals surface area contributed by atoms with E-state index in [-0.39, 0.29) is 30.6 Å². The number of likely N-dealkylation sites (tertiary alicyclic amines) is 1. The lowest BCUT2D eigenvalue weighted by Crippen LogP contribution is -2.59. The van der Waals surface area contributed by atoms with E-state index in [1.54, 1.807) is 47.2 Å². The van der Waals surface area contributed by atoms with Gasteiger partial charge in [-0.2, -0.15) is 5.10 Å². The Morgan fingerprint density at radius 3 is 2.72 bits per heavy atom. The van der Waals surface area contributed by atoms with E-state index in [1.807, 2.05) is 0 Å². The Hall–Kier alpha value is -2.70. The van der Waals surface area contributed by atoms with Crippen molar-refractivity contribution in [2.75, 3.05) is 20.1 Å². The monoisotopic (exact) mass is 344 g/mol. The average Bonchev–Trinajstić information content (AvgIpc) is 3.18. The molecule has 3 rings (SSSR count). The number of amides is 2. The normalized spacial score (nSPS) is 20.3. The summed E-state index contributed by atoms with van der Waals surface area (Å²) in [6.45, 7) is 0.869. The Labute approximate surface area is 145 Å². The summed E-state index contributed by atoms with van der Waals surface area (Å²) in [6.07, 6.45) is 4.90. The highest BCUT2D eigenvalue weighted by molar-refractivity contribution is 5.86. The van der Waals surface area contributed by atoms with Crippen LogP contribution in [0.2, 0.25) is 0 Å². The number of nitrogens with zero attached hydrogens (tertiary/aromatic N) is 3. The molecule has 0 aliphatic carbocycles. The molecular weight excluding hydrogens is 323 g/mol. The molecule has 0 bridgehead atoms. The number of carbonyl (C=O) groups excluding carboxylic acids is 2. The third-order valence-electron chi connectivity index (χ3n) is 4.68. The fourth-order valence-corrected chi connectivity index (χ4v) is 3.37. The van der Waals surface area contributed by atoms with E-state index in [1.165, 1.54) is 12.1 Å². The van der Waals surface area contributed by atoms with Crippen molar-refractivity contribution in [2.45, 2.75) is 24.8 Å². The molecule has 1 saturated heterocycles. The first-order chi connectivity index (χ1) is 12.0. The number of rotatable bonds is 4. The fourth-order valence-electron chi connectivity index (χ4n) is 3.37. The van der Waals surface area contributed by atoms with Crippen LogP contribution in [0, 0.1) is 5.82 Å². The highest BCUT2D eigenvalue weighted by Crippen LogP contribution is 2.29. The Morgan fingerprint density at radius 1 is 1.32 bits per heavy atom. The van der Waals surface area contributed by atoms with Gasteiger partial charge >= 0.3 is 0 Å². The number of aromatic nitrogens is 2. The molecule has 2 heterocycles. The average molecular weight is 344 g/mol. The zero-order valence-electron chi connectivity index (χ0n) is 14.1. The van der Waals surface area contributed by atoms with Crippen LogP contribution in [0.25, 0.3) is 0 Å². The third-order valence-corrected chi connectivity index (χ3v) is 4.68. The van der Waals surface area contributed by atoms with Crippen molar-refractivity contribution in [3.63, 3.8) is 0 Å². The standard InChI is InChI=1S/C18H21FN4O2/c1-20-17(25)18(23-11-3-9-21-23)8-2-10-22(13-18)16(24)12-14-4-6-15(19)7-5-14/h3-7,9,11H,2,8,10,12-13H2,1H3,(H,20,25). The van der Waals surface area contributed by atoms with Crippen molar-refractivity contribution < 1.29 is 14.0 Å². The van der Waals surface area contributed by atoms with E-state index in [0.717, 1.165) is 5.56 Å². The molecule has 2 amide bonds. The van der Waals surface area contributed by atoms with Crippen molar-refractivity contribution >= 4 is 11.8 Å². The molecular formula is C18H21FN4O2. The van der Waals surface area contributed by atoms with Crippen LogP contribution in [0.15, 0.2) is 42.7 Å². The molecule has 1 N–H and O–H groups in total. The summed E-state index contributed by atoms with van der Waals surface area (Å²) in [5, 5.41) is 6.94. The Balaban J connectivity index is 1.80. The molecule has 0 saturated carbocycles. The van der Waals surface area contributed by atoms with Crippen LogP contribution < -0.4 is 5.32 Å². The van der Waals surface area contributed by atoms with E-state index in [0.29, 0.717) is 19.4 Å². The predicted molar refractivity (Wildman–Crippen MR) is 90.2 cm³/mol. The lowest BCUT2D eigenvalue weighted by molar-refractivity contribution is -0.140. The summed E-state index contributed by atoms with van der Waals surface area (Å²) in [5.74, 6) is -0.561. The van der Waals surface area contributed by atoms with Crippen molar-refractivity contribution in [1.29, 1.82) is 0 Å². The second-order valence-corrected chi connectivity index (χ2v) is 6.28. The largest absolute Gasteiger partial charge is 0.357 e. The van der Waals surface area contributed by atoms with E-state index in [4.69, 9.17) is 0 Å². The van der Waals surface area contributed by atoms with Crippen molar-refractivity contribution in [3.05, 3.63) is 54.1 Å². The molecule has 1 atom stereocenters. The fraction of sp³-hybridized carbons (Fsp3) is 0.389. The summed E-state index contributed by atoms with van der Waals surface area (Å²) < 4.78 is 14.7. The number of nitrogens with one attached hydrogen (secondary N) is 1. The molecule has 132 valence electrons. The van der Waals surface area contributed by atoms with E-state index < -0.39 is 5.54 Å². The Kier molecular flexibility index (Phi) is 4.83. The molecule has 0 spiro atoms. The minimum absolute atomic E-state index is 0.0771. The highest BCUT2D eigenvalue weighted by atomic mass is 19.1. The molecule has 1 aromatic carbocycles. The molecule has 1 aliphatic rings. The number of halogens is 1. The second kappa shape index (κ2) is 7.04. The molecule has 7 heteroatoms. The summed E-state index contributed by atoms with van der Waals surface area (Å²) in [6, 6.07) is 7.67. The van der Waals surface area contributed by atoms with Gasteiger partial charge < -0.3 is 10.2 Å². The summed E-state index contributed by atoms with van der Waals surface area (Å²) >= 11 is 0. The molecule has 1 aliphatic heterocycles. The number of benzene rings is 1. The zero-order chi connectivity index (χ0) is 17.9. The maximum Gasteiger partial charge on any atom is 0.249 e. The summed E-state index contributed by atoms with van der Waals surface area (Å²) in [7, 11) is 1.59. The molecule has 1 unspecified atom stereocenters. The van der Waals surface area contributed by atoms with Gasteiger partial charge in [0, 0.05) is 26.0 Å². The third kappa shape index (κ3) is 3.40. The highest BCUT2D eigenvalue weighted by Gasteiger charge is 2.45. The summed E-state index contributed by atoms with van der Waals surface area (Å²) in [4.78, 5) is 27.0. The van der Waals surface area contributed by atoms with Crippen LogP contribution in [-0.4, -0.2) is 46.6 Å². The minimum atomic E-state index is -0.894. The lowest BCUT2D eigenvalue weighted by atomic mass is 9.87. The van der Waals surface area contributed by atoms with Gasteiger partial charge in [-0.25, -0.2) is 4.39 Å². The molecule has 1 aromatic heterocycles. The first-order valence-corrected chi connectivity index (χ1v) is 8.30. The van der Waals surface area contributed by atoms with Gasteiger partial charge in [0.2, 0.25) is 11.8 Å². The van der Waals surface area contributed by atoms with Gasteiger partial charge in [-0.1, -0.05) is 12.1 Å². The van der Waals surface area contributed by atoms with E-state index in [2.05, 4.69) is 10.4 Å². The van der Waals surface area contributed by atoms with Crippen LogP contribution in [0.3, 0.4) is 0 Å². The second-order valence-electron chi connectivity index (χ2n) is 6.28. The molecule has 6 nitrogen and oxygen atoms in total. The molecule has 1 fully saturated rings. The van der Waals surface area contributed by atoms with Crippen LogP contribution in [0.5, 0.6) is 0 Å². The lowest BCUT2D eigenvalue weighted by Gasteiger charge is -2.41. The van der Waals surface area contributed by atoms with Gasteiger partial charge in [0.05, 0.1) is 13.0 Å². The Bertz CT molecular complexity index is 745. The van der Waals surface area contributed by atoms with Crippen molar-refractivity contribution in [2.24, 2.45) is 0 Å². The number of hydrogen-bond acceptors (Lipinski definition) is 3.